The van der Waals surface area contributed by atoms with Crippen LogP contribution in [0.4, 0.5) is 0 Å². The van der Waals surface area contributed by atoms with Crippen molar-refractivity contribution in [1.82, 2.24) is 15.0 Å². The van der Waals surface area contributed by atoms with E-state index in [0.717, 1.165) is 5.56 Å². The lowest BCUT2D eigenvalue weighted by atomic mass is 10.1. The molecule has 4 heteroatoms. The molecule has 4 nitrogen and oxygen atoms in total. The number of aromatic nitrogens is 3. The van der Waals surface area contributed by atoms with Crippen LogP contribution in [0.15, 0.2) is 66.9 Å². The number of benzene rings is 2. The molecule has 3 rings (SSSR count). The molecule has 0 saturated carbocycles. The van der Waals surface area contributed by atoms with Gasteiger partial charge >= 0.3 is 0 Å². The number of hydrogen-bond acceptors (Lipinski definition) is 3. The van der Waals surface area contributed by atoms with Crippen LogP contribution >= 0.6 is 0 Å². The van der Waals surface area contributed by atoms with Crippen molar-refractivity contribution < 1.29 is 4.79 Å². The van der Waals surface area contributed by atoms with Crippen LogP contribution in [0.2, 0.25) is 0 Å². The Morgan fingerprint density at radius 1 is 1.00 bits per heavy atom. The van der Waals surface area contributed by atoms with E-state index >= 15 is 0 Å². The van der Waals surface area contributed by atoms with E-state index < -0.39 is 0 Å². The van der Waals surface area contributed by atoms with Crippen molar-refractivity contribution in [1.29, 1.82) is 0 Å². The first-order chi connectivity index (χ1) is 10.8. The van der Waals surface area contributed by atoms with Gasteiger partial charge in [0, 0.05) is 5.56 Å². The number of hydrogen-bond donors (Lipinski definition) is 0. The number of carbonyl (C=O) groups is 1. The van der Waals surface area contributed by atoms with Crippen LogP contribution in [-0.2, 0) is 6.54 Å². The third kappa shape index (κ3) is 3.47. The summed E-state index contributed by atoms with van der Waals surface area (Å²) in [7, 11) is 0. The minimum Gasteiger partial charge on any atom is -0.279 e. The normalized spacial score (nSPS) is 9.82. The molecule has 0 amide bonds. The van der Waals surface area contributed by atoms with Crippen molar-refractivity contribution >= 4 is 5.78 Å². The van der Waals surface area contributed by atoms with Gasteiger partial charge in [0.15, 0.2) is 5.69 Å². The molecular formula is C18H13N3O. The molecule has 1 aromatic heterocycles. The van der Waals surface area contributed by atoms with Crippen LogP contribution in [0.5, 0.6) is 0 Å². The molecule has 0 N–H and O–H groups in total. The van der Waals surface area contributed by atoms with E-state index in [1.807, 2.05) is 48.5 Å². The Hall–Kier alpha value is -3.19. The summed E-state index contributed by atoms with van der Waals surface area (Å²) in [5.41, 5.74) is 2.19. The van der Waals surface area contributed by atoms with Gasteiger partial charge in [-0.2, -0.15) is 0 Å². The van der Waals surface area contributed by atoms with Crippen LogP contribution in [-0.4, -0.2) is 20.8 Å². The second-order valence-corrected chi connectivity index (χ2v) is 4.73. The van der Waals surface area contributed by atoms with Gasteiger partial charge in [0.25, 0.3) is 0 Å². The SMILES string of the molecule is O=C(C#Cc1cn(Cc2ccccc2)nn1)c1ccccc1. The first kappa shape index (κ1) is 13.8. The van der Waals surface area contributed by atoms with Crippen molar-refractivity contribution in [2.45, 2.75) is 6.54 Å². The number of ketones is 1. The summed E-state index contributed by atoms with van der Waals surface area (Å²) in [5, 5.41) is 7.98. The average Bonchev–Trinajstić information content (AvgIpc) is 3.02. The topological polar surface area (TPSA) is 47.8 Å². The van der Waals surface area contributed by atoms with Gasteiger partial charge in [-0.15, -0.1) is 5.10 Å². The minimum atomic E-state index is -0.224. The van der Waals surface area contributed by atoms with E-state index in [2.05, 4.69) is 22.2 Å². The zero-order valence-electron chi connectivity index (χ0n) is 11.8. The molecule has 1 heterocycles. The van der Waals surface area contributed by atoms with Crippen molar-refractivity contribution in [3.63, 3.8) is 0 Å². The quantitative estimate of drug-likeness (QED) is 0.549. The highest BCUT2D eigenvalue weighted by Crippen LogP contribution is 2.02. The molecular weight excluding hydrogens is 274 g/mol. The van der Waals surface area contributed by atoms with Crippen LogP contribution in [0.25, 0.3) is 0 Å². The highest BCUT2D eigenvalue weighted by Gasteiger charge is 2.01. The Bertz CT molecular complexity index is 827. The number of carbonyl (C=O) groups excluding carboxylic acids is 1. The summed E-state index contributed by atoms with van der Waals surface area (Å²) in [4.78, 5) is 11.9. The van der Waals surface area contributed by atoms with Crippen molar-refractivity contribution in [3.05, 3.63) is 83.7 Å². The number of nitrogens with zero attached hydrogens (tertiary/aromatic N) is 3. The molecule has 0 radical (unpaired) electrons. The van der Waals surface area contributed by atoms with Crippen molar-refractivity contribution in [2.75, 3.05) is 0 Å². The van der Waals surface area contributed by atoms with E-state index in [-0.39, 0.29) is 5.78 Å². The molecule has 0 aliphatic rings. The molecule has 0 bridgehead atoms. The lowest BCUT2D eigenvalue weighted by Gasteiger charge is -1.98. The standard InChI is InChI=1S/C18H13N3O/c22-18(16-9-5-2-6-10-16)12-11-17-14-21(20-19-17)13-15-7-3-1-4-8-15/h1-10,14H,13H2. The molecule has 0 unspecified atom stereocenters. The first-order valence-electron chi connectivity index (χ1n) is 6.87. The van der Waals surface area contributed by atoms with Gasteiger partial charge in [-0.25, -0.2) is 4.68 Å². The maximum atomic E-state index is 11.9. The fourth-order valence-corrected chi connectivity index (χ4v) is 1.99. The Morgan fingerprint density at radius 2 is 1.68 bits per heavy atom. The van der Waals surface area contributed by atoms with Crippen LogP contribution in [0.1, 0.15) is 21.6 Å². The third-order valence-corrected chi connectivity index (χ3v) is 3.07. The van der Waals surface area contributed by atoms with Crippen molar-refractivity contribution in [2.24, 2.45) is 0 Å². The summed E-state index contributed by atoms with van der Waals surface area (Å²) < 4.78 is 1.70. The molecule has 0 saturated heterocycles. The summed E-state index contributed by atoms with van der Waals surface area (Å²) in [5.74, 6) is 5.12. The van der Waals surface area contributed by atoms with Crippen LogP contribution < -0.4 is 0 Å². The second-order valence-electron chi connectivity index (χ2n) is 4.73. The van der Waals surface area contributed by atoms with E-state index in [1.54, 1.807) is 23.0 Å². The Morgan fingerprint density at radius 3 is 2.41 bits per heavy atom. The van der Waals surface area contributed by atoms with Gasteiger partial charge in [-0.05, 0) is 17.4 Å². The minimum absolute atomic E-state index is 0.224. The maximum Gasteiger partial charge on any atom is 0.236 e. The van der Waals surface area contributed by atoms with Gasteiger partial charge in [-0.3, -0.25) is 4.79 Å². The summed E-state index contributed by atoms with van der Waals surface area (Å²) in [6, 6.07) is 18.9. The Balaban J connectivity index is 1.70. The Kier molecular flexibility index (Phi) is 4.08. The summed E-state index contributed by atoms with van der Waals surface area (Å²) in [6.07, 6.45) is 1.73. The van der Waals surface area contributed by atoms with Gasteiger partial charge in [0.05, 0.1) is 12.7 Å². The van der Waals surface area contributed by atoms with Crippen LogP contribution in [0, 0.1) is 11.8 Å². The van der Waals surface area contributed by atoms with Crippen molar-refractivity contribution in [3.8, 4) is 11.8 Å². The average molecular weight is 287 g/mol. The molecule has 2 aromatic carbocycles. The van der Waals surface area contributed by atoms with E-state index in [1.165, 1.54) is 0 Å². The maximum absolute atomic E-state index is 11.9. The molecule has 3 aromatic rings. The monoisotopic (exact) mass is 287 g/mol. The molecule has 0 aliphatic carbocycles. The van der Waals surface area contributed by atoms with Gasteiger partial charge in [0.2, 0.25) is 5.78 Å². The molecule has 106 valence electrons. The summed E-state index contributed by atoms with van der Waals surface area (Å²) in [6.45, 7) is 0.627. The van der Waals surface area contributed by atoms with E-state index in [4.69, 9.17) is 0 Å². The fourth-order valence-electron chi connectivity index (χ4n) is 1.99. The second kappa shape index (κ2) is 6.51. The predicted molar refractivity (Wildman–Crippen MR) is 83.2 cm³/mol. The lowest BCUT2D eigenvalue weighted by Crippen LogP contribution is -1.99. The van der Waals surface area contributed by atoms with E-state index in [0.29, 0.717) is 17.8 Å². The van der Waals surface area contributed by atoms with E-state index in [9.17, 15) is 4.79 Å². The van der Waals surface area contributed by atoms with Gasteiger partial charge in [0.1, 0.15) is 0 Å². The highest BCUT2D eigenvalue weighted by atomic mass is 16.1. The molecule has 0 aliphatic heterocycles. The molecule has 0 atom stereocenters. The zero-order chi connectivity index (χ0) is 15.2. The third-order valence-electron chi connectivity index (χ3n) is 3.07. The Labute approximate surface area is 128 Å². The highest BCUT2D eigenvalue weighted by molar-refractivity contribution is 6.09. The molecule has 0 fully saturated rings. The largest absolute Gasteiger partial charge is 0.279 e. The van der Waals surface area contributed by atoms with Gasteiger partial charge < -0.3 is 0 Å². The number of Topliss-reactive ketones (excluding diaryl/α,β-unsaturated/α-hetero) is 1. The number of rotatable bonds is 3. The fraction of sp³-hybridized carbons (Fsp3) is 0.0556. The lowest BCUT2D eigenvalue weighted by molar-refractivity contribution is 0.105. The smallest absolute Gasteiger partial charge is 0.236 e. The molecule has 0 spiro atoms. The zero-order valence-corrected chi connectivity index (χ0v) is 11.8. The van der Waals surface area contributed by atoms with Crippen LogP contribution in [0.3, 0.4) is 0 Å². The molecule has 22 heavy (non-hydrogen) atoms. The summed E-state index contributed by atoms with van der Waals surface area (Å²) >= 11 is 0. The van der Waals surface area contributed by atoms with Gasteiger partial charge in [-0.1, -0.05) is 65.9 Å². The first-order valence-corrected chi connectivity index (χ1v) is 6.87. The predicted octanol–water partition coefficient (Wildman–Crippen LogP) is 2.56.